The third-order valence-corrected chi connectivity index (χ3v) is 6.04. The predicted molar refractivity (Wildman–Crippen MR) is 108 cm³/mol. The summed E-state index contributed by atoms with van der Waals surface area (Å²) < 4.78 is 52.2. The molecule has 30 heavy (non-hydrogen) atoms. The van der Waals surface area contributed by atoms with Crippen molar-refractivity contribution in [2.45, 2.75) is 50.7 Å². The molecule has 1 aliphatic heterocycles. The molecule has 8 heteroatoms. The van der Waals surface area contributed by atoms with Crippen molar-refractivity contribution in [2.24, 2.45) is 5.92 Å². The number of alkyl halides is 3. The number of rotatable bonds is 7. The molecular weight excluding hydrogens is 398 g/mol. The summed E-state index contributed by atoms with van der Waals surface area (Å²) in [6, 6.07) is 2.88. The Morgan fingerprint density at radius 2 is 1.77 bits per heavy atom. The van der Waals surface area contributed by atoms with Crippen LogP contribution in [0.15, 0.2) is 24.8 Å². The number of nitrogens with one attached hydrogen (secondary N) is 2. The lowest BCUT2D eigenvalue weighted by atomic mass is 9.96. The van der Waals surface area contributed by atoms with Gasteiger partial charge in [-0.1, -0.05) is 19.4 Å². The average Bonchev–Trinajstić information content (AvgIpc) is 3.23. The van der Waals surface area contributed by atoms with Crippen LogP contribution in [0.5, 0.6) is 0 Å². The van der Waals surface area contributed by atoms with Gasteiger partial charge in [-0.25, -0.2) is 4.39 Å². The zero-order valence-corrected chi connectivity index (χ0v) is 17.0. The van der Waals surface area contributed by atoms with Gasteiger partial charge in [0.2, 0.25) is 5.91 Å². The van der Waals surface area contributed by atoms with Crippen LogP contribution in [0, 0.1) is 11.7 Å². The molecule has 1 aliphatic carbocycles. The lowest BCUT2D eigenvalue weighted by molar-refractivity contribution is -0.137. The highest BCUT2D eigenvalue weighted by Crippen LogP contribution is 2.31. The van der Waals surface area contributed by atoms with Crippen molar-refractivity contribution in [1.82, 2.24) is 15.5 Å². The zero-order chi connectivity index (χ0) is 21.7. The van der Waals surface area contributed by atoms with E-state index in [0.29, 0.717) is 38.3 Å². The van der Waals surface area contributed by atoms with Crippen LogP contribution in [0.3, 0.4) is 0 Å². The molecule has 3 rings (SSSR count). The molecule has 2 aliphatic rings. The van der Waals surface area contributed by atoms with Gasteiger partial charge in [-0.3, -0.25) is 4.79 Å². The van der Waals surface area contributed by atoms with E-state index in [2.05, 4.69) is 17.2 Å². The smallest absolute Gasteiger partial charge is 0.385 e. The van der Waals surface area contributed by atoms with Crippen LogP contribution in [-0.4, -0.2) is 43.0 Å². The Morgan fingerprint density at radius 1 is 1.10 bits per heavy atom. The second-order valence-electron chi connectivity index (χ2n) is 8.27. The molecule has 1 heterocycles. The number of amides is 1. The molecule has 1 aromatic carbocycles. The molecule has 2 N–H and O–H groups in total. The molecule has 2 fully saturated rings. The van der Waals surface area contributed by atoms with Crippen LogP contribution in [-0.2, 0) is 11.0 Å². The summed E-state index contributed by atoms with van der Waals surface area (Å²) in [5.41, 5.74) is -0.675. The average molecular weight is 427 g/mol. The van der Waals surface area contributed by atoms with Crippen molar-refractivity contribution in [1.29, 1.82) is 0 Å². The quantitative estimate of drug-likeness (QED) is 0.642. The normalized spacial score (nSPS) is 18.6. The maximum Gasteiger partial charge on any atom is 0.416 e. The third-order valence-electron chi connectivity index (χ3n) is 6.04. The molecule has 0 unspecified atom stereocenters. The van der Waals surface area contributed by atoms with Gasteiger partial charge in [0.15, 0.2) is 0 Å². The topological polar surface area (TPSA) is 44.4 Å². The fourth-order valence-corrected chi connectivity index (χ4v) is 4.16. The molecule has 1 saturated carbocycles. The molecule has 0 spiro atoms. The highest BCUT2D eigenvalue weighted by molar-refractivity contribution is 5.78. The van der Waals surface area contributed by atoms with Crippen LogP contribution in [0.2, 0.25) is 0 Å². The van der Waals surface area contributed by atoms with E-state index in [1.54, 1.807) is 0 Å². The van der Waals surface area contributed by atoms with Crippen LogP contribution >= 0.6 is 0 Å². The standard InChI is InChI=1S/C22H29F4N3O/c1-15(17-10-18(22(24,25)26)12-19(23)11-17)27-13-16-6-8-29(9-7-16)21(30)14-28-20-4-2-3-5-20/h10-12,16,20,27-28H,1-9,13-14H2. The van der Waals surface area contributed by atoms with Crippen molar-refractivity contribution < 1.29 is 22.4 Å². The number of hydrogen-bond donors (Lipinski definition) is 2. The summed E-state index contributed by atoms with van der Waals surface area (Å²) >= 11 is 0. The maximum absolute atomic E-state index is 13.6. The molecule has 0 atom stereocenters. The largest absolute Gasteiger partial charge is 0.416 e. The maximum atomic E-state index is 13.6. The Morgan fingerprint density at radius 3 is 2.40 bits per heavy atom. The number of hydrogen-bond acceptors (Lipinski definition) is 3. The number of halogens is 4. The minimum atomic E-state index is -4.61. The van der Waals surface area contributed by atoms with Gasteiger partial charge in [0.1, 0.15) is 5.82 Å². The second kappa shape index (κ2) is 9.81. The van der Waals surface area contributed by atoms with E-state index in [-0.39, 0.29) is 23.1 Å². The van der Waals surface area contributed by atoms with E-state index in [9.17, 15) is 22.4 Å². The van der Waals surface area contributed by atoms with E-state index in [0.717, 1.165) is 37.8 Å². The second-order valence-corrected chi connectivity index (χ2v) is 8.27. The highest BCUT2D eigenvalue weighted by Gasteiger charge is 2.31. The summed E-state index contributed by atoms with van der Waals surface area (Å²) in [5.74, 6) is -0.540. The number of benzene rings is 1. The van der Waals surface area contributed by atoms with Crippen LogP contribution in [0.4, 0.5) is 17.6 Å². The van der Waals surface area contributed by atoms with E-state index in [4.69, 9.17) is 0 Å². The Balaban J connectivity index is 1.42. The van der Waals surface area contributed by atoms with Gasteiger partial charge in [0.05, 0.1) is 12.1 Å². The molecule has 0 radical (unpaired) electrons. The molecule has 1 aromatic rings. The van der Waals surface area contributed by atoms with Crippen molar-refractivity contribution in [2.75, 3.05) is 26.2 Å². The van der Waals surface area contributed by atoms with Crippen LogP contribution in [0.1, 0.15) is 49.7 Å². The lowest BCUT2D eigenvalue weighted by Gasteiger charge is -2.32. The van der Waals surface area contributed by atoms with Gasteiger partial charge in [0, 0.05) is 36.9 Å². The van der Waals surface area contributed by atoms with E-state index in [1.807, 2.05) is 4.90 Å². The molecule has 0 aromatic heterocycles. The first-order valence-corrected chi connectivity index (χ1v) is 10.5. The number of carbonyl (C=O) groups is 1. The van der Waals surface area contributed by atoms with Gasteiger partial charge >= 0.3 is 6.18 Å². The van der Waals surface area contributed by atoms with Crippen molar-refractivity contribution >= 4 is 11.6 Å². The summed E-state index contributed by atoms with van der Waals surface area (Å²) in [4.78, 5) is 14.2. The minimum Gasteiger partial charge on any atom is -0.385 e. The van der Waals surface area contributed by atoms with Crippen LogP contribution < -0.4 is 10.6 Å². The monoisotopic (exact) mass is 427 g/mol. The molecule has 1 amide bonds. The summed E-state index contributed by atoms with van der Waals surface area (Å²) in [6.45, 7) is 6.01. The Hall–Kier alpha value is -2.09. The fourth-order valence-electron chi connectivity index (χ4n) is 4.16. The van der Waals surface area contributed by atoms with Crippen LogP contribution in [0.25, 0.3) is 5.70 Å². The number of nitrogens with zero attached hydrogens (tertiary/aromatic N) is 1. The Kier molecular flexibility index (Phi) is 7.39. The number of piperidine rings is 1. The predicted octanol–water partition coefficient (Wildman–Crippen LogP) is 4.18. The molecule has 166 valence electrons. The molecule has 1 saturated heterocycles. The van der Waals surface area contributed by atoms with Gasteiger partial charge in [-0.05, 0) is 49.8 Å². The number of likely N-dealkylation sites (tertiary alicyclic amines) is 1. The first-order valence-electron chi connectivity index (χ1n) is 10.5. The third kappa shape index (κ3) is 6.20. The SMILES string of the molecule is C=C(NCC1CCN(C(=O)CNC2CCCC2)CC1)c1cc(F)cc(C(F)(F)F)c1. The Labute approximate surface area is 174 Å². The van der Waals surface area contributed by atoms with Gasteiger partial charge in [0.25, 0.3) is 0 Å². The minimum absolute atomic E-state index is 0.0907. The van der Waals surface area contributed by atoms with Gasteiger partial charge < -0.3 is 15.5 Å². The van der Waals surface area contributed by atoms with Crippen molar-refractivity contribution in [3.05, 3.63) is 41.7 Å². The van der Waals surface area contributed by atoms with E-state index in [1.165, 1.54) is 12.8 Å². The fraction of sp³-hybridized carbons (Fsp3) is 0.591. The summed E-state index contributed by atoms with van der Waals surface area (Å²) in [6.07, 6.45) is 1.74. The zero-order valence-electron chi connectivity index (χ0n) is 17.0. The Bertz CT molecular complexity index is 751. The molecule has 4 nitrogen and oxygen atoms in total. The lowest BCUT2D eigenvalue weighted by Crippen LogP contribution is -2.45. The highest BCUT2D eigenvalue weighted by atomic mass is 19.4. The number of carbonyl (C=O) groups excluding carboxylic acids is 1. The van der Waals surface area contributed by atoms with E-state index >= 15 is 0 Å². The van der Waals surface area contributed by atoms with Gasteiger partial charge in [-0.15, -0.1) is 0 Å². The molecule has 0 bridgehead atoms. The molecular formula is C22H29F4N3O. The first kappa shape index (κ1) is 22.6. The van der Waals surface area contributed by atoms with Gasteiger partial charge in [-0.2, -0.15) is 13.2 Å². The summed E-state index contributed by atoms with van der Waals surface area (Å²) in [7, 11) is 0. The van der Waals surface area contributed by atoms with Crippen molar-refractivity contribution in [3.8, 4) is 0 Å². The van der Waals surface area contributed by atoms with Crippen molar-refractivity contribution in [3.63, 3.8) is 0 Å². The summed E-state index contributed by atoms with van der Waals surface area (Å²) in [5, 5.41) is 6.38. The first-order chi connectivity index (χ1) is 14.2. The van der Waals surface area contributed by atoms with E-state index < -0.39 is 17.6 Å².